The van der Waals surface area contributed by atoms with Gasteiger partial charge in [-0.1, -0.05) is 35.9 Å². The number of carbonyl (C=O) groups excluding carboxylic acids is 3. The van der Waals surface area contributed by atoms with Crippen LogP contribution in [0, 0.1) is 6.92 Å². The van der Waals surface area contributed by atoms with E-state index in [0.29, 0.717) is 16.3 Å². The number of ether oxygens (including phenoxy) is 1. The molecule has 0 spiro atoms. The second-order valence-corrected chi connectivity index (χ2v) is 6.04. The summed E-state index contributed by atoms with van der Waals surface area (Å²) in [5.41, 5.74) is 1.83. The first-order valence-corrected chi connectivity index (χ1v) is 8.34. The molecule has 2 rings (SSSR count). The molecule has 0 saturated heterocycles. The van der Waals surface area contributed by atoms with Gasteiger partial charge < -0.3 is 15.4 Å². The van der Waals surface area contributed by atoms with E-state index in [4.69, 9.17) is 16.3 Å². The minimum atomic E-state index is -1.02. The minimum absolute atomic E-state index is 0.332. The fourth-order valence-corrected chi connectivity index (χ4v) is 2.23. The van der Waals surface area contributed by atoms with E-state index in [2.05, 4.69) is 10.6 Å². The number of aryl methyl sites for hydroxylation is 1. The lowest BCUT2D eigenvalue weighted by Crippen LogP contribution is -2.35. The number of amides is 2. The van der Waals surface area contributed by atoms with Crippen molar-refractivity contribution >= 4 is 35.1 Å². The summed E-state index contributed by atoms with van der Waals surface area (Å²) in [6.45, 7) is 2.96. The van der Waals surface area contributed by atoms with Gasteiger partial charge in [-0.2, -0.15) is 0 Å². The predicted molar refractivity (Wildman–Crippen MR) is 99.1 cm³/mol. The molecular formula is C19H19ClN2O4. The van der Waals surface area contributed by atoms with E-state index in [0.717, 1.165) is 5.56 Å². The van der Waals surface area contributed by atoms with Gasteiger partial charge in [0.05, 0.1) is 0 Å². The van der Waals surface area contributed by atoms with Gasteiger partial charge in [-0.05, 0) is 43.7 Å². The molecule has 0 unspecified atom stereocenters. The number of nitrogens with one attached hydrogen (secondary N) is 2. The summed E-state index contributed by atoms with van der Waals surface area (Å²) >= 11 is 6.01. The normalized spacial score (nSPS) is 11.3. The smallest absolute Gasteiger partial charge is 0.326 e. The number of hydrogen-bond acceptors (Lipinski definition) is 4. The van der Waals surface area contributed by atoms with Crippen molar-refractivity contribution in [2.75, 3.05) is 11.9 Å². The Hall–Kier alpha value is -2.86. The third kappa shape index (κ3) is 5.60. The van der Waals surface area contributed by atoms with Crippen molar-refractivity contribution in [3.05, 3.63) is 64.7 Å². The van der Waals surface area contributed by atoms with Gasteiger partial charge in [0.1, 0.15) is 6.54 Å². The van der Waals surface area contributed by atoms with Gasteiger partial charge in [0, 0.05) is 16.3 Å². The molecule has 2 aromatic carbocycles. The standard InChI is InChI=1S/C19H19ClN2O4/c1-12-8-9-15(10-16(12)20)22-18(24)13(2)26-17(23)11-21-19(25)14-6-4-3-5-7-14/h3-10,13H,11H2,1-2H3,(H,21,25)(H,22,24)/t13-/m0/s1. The highest BCUT2D eigenvalue weighted by molar-refractivity contribution is 6.31. The second kappa shape index (κ2) is 9.01. The zero-order chi connectivity index (χ0) is 19.1. The number of anilines is 1. The molecule has 7 heteroatoms. The lowest BCUT2D eigenvalue weighted by Gasteiger charge is -2.14. The first kappa shape index (κ1) is 19.5. The first-order chi connectivity index (χ1) is 12.4. The Labute approximate surface area is 156 Å². The summed E-state index contributed by atoms with van der Waals surface area (Å²) in [4.78, 5) is 35.8. The van der Waals surface area contributed by atoms with Crippen LogP contribution in [0.1, 0.15) is 22.8 Å². The molecule has 2 aromatic rings. The molecule has 0 fully saturated rings. The molecule has 2 amide bonds. The van der Waals surface area contributed by atoms with E-state index in [1.807, 2.05) is 6.92 Å². The number of halogens is 1. The van der Waals surface area contributed by atoms with Crippen molar-refractivity contribution in [3.8, 4) is 0 Å². The largest absolute Gasteiger partial charge is 0.451 e. The van der Waals surface area contributed by atoms with E-state index < -0.39 is 23.9 Å². The van der Waals surface area contributed by atoms with E-state index in [1.165, 1.54) is 6.92 Å². The average Bonchev–Trinajstić information content (AvgIpc) is 2.63. The predicted octanol–water partition coefficient (Wildman–Crippen LogP) is 2.95. The molecular weight excluding hydrogens is 356 g/mol. The third-order valence-electron chi connectivity index (χ3n) is 3.55. The van der Waals surface area contributed by atoms with Crippen LogP contribution in [0.25, 0.3) is 0 Å². The lowest BCUT2D eigenvalue weighted by atomic mass is 10.2. The number of benzene rings is 2. The average molecular weight is 375 g/mol. The van der Waals surface area contributed by atoms with Crippen LogP contribution >= 0.6 is 11.6 Å². The monoisotopic (exact) mass is 374 g/mol. The summed E-state index contributed by atoms with van der Waals surface area (Å²) in [5, 5.41) is 5.59. The summed E-state index contributed by atoms with van der Waals surface area (Å²) in [5.74, 6) is -1.60. The van der Waals surface area contributed by atoms with Crippen LogP contribution in [-0.2, 0) is 14.3 Å². The van der Waals surface area contributed by atoms with Crippen molar-refractivity contribution in [1.82, 2.24) is 5.32 Å². The Morgan fingerprint density at radius 1 is 1.12 bits per heavy atom. The molecule has 0 aliphatic rings. The van der Waals surface area contributed by atoms with Gasteiger partial charge in [0.2, 0.25) is 0 Å². The molecule has 0 aliphatic carbocycles. The zero-order valence-electron chi connectivity index (χ0n) is 14.4. The van der Waals surface area contributed by atoms with Gasteiger partial charge in [-0.15, -0.1) is 0 Å². The van der Waals surface area contributed by atoms with E-state index >= 15 is 0 Å². The molecule has 0 aromatic heterocycles. The molecule has 0 aliphatic heterocycles. The first-order valence-electron chi connectivity index (χ1n) is 7.96. The number of esters is 1. The molecule has 0 bridgehead atoms. The van der Waals surface area contributed by atoms with Crippen LogP contribution in [0.5, 0.6) is 0 Å². The Morgan fingerprint density at radius 2 is 1.81 bits per heavy atom. The van der Waals surface area contributed by atoms with Crippen LogP contribution in [0.2, 0.25) is 5.02 Å². The number of rotatable bonds is 6. The highest BCUT2D eigenvalue weighted by atomic mass is 35.5. The fraction of sp³-hybridized carbons (Fsp3) is 0.211. The van der Waals surface area contributed by atoms with Crippen LogP contribution < -0.4 is 10.6 Å². The van der Waals surface area contributed by atoms with Gasteiger partial charge >= 0.3 is 5.97 Å². The van der Waals surface area contributed by atoms with Gasteiger partial charge in [-0.3, -0.25) is 14.4 Å². The summed E-state index contributed by atoms with van der Waals surface area (Å²) in [6, 6.07) is 13.6. The second-order valence-electron chi connectivity index (χ2n) is 5.63. The lowest BCUT2D eigenvalue weighted by molar-refractivity contribution is -0.152. The molecule has 0 radical (unpaired) electrons. The topological polar surface area (TPSA) is 84.5 Å². The number of hydrogen-bond donors (Lipinski definition) is 2. The minimum Gasteiger partial charge on any atom is -0.451 e. The Morgan fingerprint density at radius 3 is 2.46 bits per heavy atom. The fourth-order valence-electron chi connectivity index (χ4n) is 2.05. The zero-order valence-corrected chi connectivity index (χ0v) is 15.2. The Kier molecular flexibility index (Phi) is 6.74. The molecule has 2 N–H and O–H groups in total. The summed E-state index contributed by atoms with van der Waals surface area (Å²) in [7, 11) is 0. The molecule has 26 heavy (non-hydrogen) atoms. The number of carbonyl (C=O) groups is 3. The SMILES string of the molecule is Cc1ccc(NC(=O)[C@H](C)OC(=O)CNC(=O)c2ccccc2)cc1Cl. The maximum absolute atomic E-state index is 12.1. The maximum atomic E-state index is 12.1. The van der Waals surface area contributed by atoms with Crippen molar-refractivity contribution in [1.29, 1.82) is 0 Å². The highest BCUT2D eigenvalue weighted by Crippen LogP contribution is 2.20. The molecule has 6 nitrogen and oxygen atoms in total. The Bertz CT molecular complexity index is 808. The van der Waals surface area contributed by atoms with Crippen LogP contribution in [0.15, 0.2) is 48.5 Å². The van der Waals surface area contributed by atoms with Crippen LogP contribution in [-0.4, -0.2) is 30.4 Å². The molecule has 0 saturated carbocycles. The van der Waals surface area contributed by atoms with Gasteiger partial charge in [0.25, 0.3) is 11.8 Å². The van der Waals surface area contributed by atoms with Gasteiger partial charge in [0.15, 0.2) is 6.10 Å². The van der Waals surface area contributed by atoms with E-state index in [9.17, 15) is 14.4 Å². The van der Waals surface area contributed by atoms with E-state index in [1.54, 1.807) is 48.5 Å². The molecule has 1 atom stereocenters. The maximum Gasteiger partial charge on any atom is 0.326 e. The quantitative estimate of drug-likeness (QED) is 0.761. The molecule has 136 valence electrons. The summed E-state index contributed by atoms with van der Waals surface area (Å²) in [6.07, 6.45) is -1.02. The molecule has 0 heterocycles. The van der Waals surface area contributed by atoms with Crippen LogP contribution in [0.3, 0.4) is 0 Å². The van der Waals surface area contributed by atoms with Crippen molar-refractivity contribution in [2.45, 2.75) is 20.0 Å². The Balaban J connectivity index is 1.81. The van der Waals surface area contributed by atoms with Crippen molar-refractivity contribution < 1.29 is 19.1 Å². The van der Waals surface area contributed by atoms with Gasteiger partial charge in [-0.25, -0.2) is 0 Å². The van der Waals surface area contributed by atoms with Crippen molar-refractivity contribution in [3.63, 3.8) is 0 Å². The highest BCUT2D eigenvalue weighted by Gasteiger charge is 2.18. The third-order valence-corrected chi connectivity index (χ3v) is 3.95. The van der Waals surface area contributed by atoms with Crippen molar-refractivity contribution in [2.24, 2.45) is 0 Å². The summed E-state index contributed by atoms with van der Waals surface area (Å²) < 4.78 is 5.03. The van der Waals surface area contributed by atoms with Crippen LogP contribution in [0.4, 0.5) is 5.69 Å². The van der Waals surface area contributed by atoms with E-state index in [-0.39, 0.29) is 6.54 Å².